The van der Waals surface area contributed by atoms with Gasteiger partial charge in [0.1, 0.15) is 17.1 Å². The lowest BCUT2D eigenvalue weighted by Crippen LogP contribution is -2.05. The van der Waals surface area contributed by atoms with E-state index in [0.29, 0.717) is 23.3 Å². The van der Waals surface area contributed by atoms with Crippen LogP contribution in [-0.4, -0.2) is 16.6 Å². The van der Waals surface area contributed by atoms with Gasteiger partial charge in [-0.2, -0.15) is 8.78 Å². The second-order valence-corrected chi connectivity index (χ2v) is 4.71. The van der Waals surface area contributed by atoms with Crippen LogP contribution >= 0.6 is 0 Å². The smallest absolute Gasteiger partial charge is 0.387 e. The Morgan fingerprint density at radius 3 is 2.70 bits per heavy atom. The van der Waals surface area contributed by atoms with E-state index in [4.69, 9.17) is 0 Å². The molecule has 118 valence electrons. The third kappa shape index (κ3) is 3.50. The summed E-state index contributed by atoms with van der Waals surface area (Å²) in [4.78, 5) is 8.05. The number of aromatic nitrogens is 2. The third-order valence-corrected chi connectivity index (χ3v) is 3.20. The summed E-state index contributed by atoms with van der Waals surface area (Å²) >= 11 is 0. The van der Waals surface area contributed by atoms with Crippen LogP contribution < -0.4 is 10.1 Å². The van der Waals surface area contributed by atoms with Crippen molar-refractivity contribution in [3.05, 3.63) is 60.3 Å². The van der Waals surface area contributed by atoms with Crippen LogP contribution in [0, 0.1) is 5.82 Å². The van der Waals surface area contributed by atoms with Gasteiger partial charge in [0, 0.05) is 17.3 Å². The van der Waals surface area contributed by atoms with Gasteiger partial charge in [0.15, 0.2) is 0 Å². The Morgan fingerprint density at radius 2 is 1.96 bits per heavy atom. The maximum Gasteiger partial charge on any atom is 0.387 e. The number of hydrogen-bond acceptors (Lipinski definition) is 4. The zero-order chi connectivity index (χ0) is 16.2. The molecule has 0 bridgehead atoms. The molecule has 1 aromatic carbocycles. The minimum Gasteiger partial charge on any atom is -0.433 e. The number of ether oxygens (including phenoxy) is 1. The molecule has 0 fully saturated rings. The largest absolute Gasteiger partial charge is 0.433 e. The van der Waals surface area contributed by atoms with Crippen LogP contribution in [-0.2, 0) is 6.54 Å². The van der Waals surface area contributed by atoms with E-state index in [2.05, 4.69) is 20.0 Å². The molecule has 0 saturated carbocycles. The fourth-order valence-corrected chi connectivity index (χ4v) is 2.17. The Hall–Kier alpha value is -2.83. The summed E-state index contributed by atoms with van der Waals surface area (Å²) in [6.45, 7) is -2.52. The fourth-order valence-electron chi connectivity index (χ4n) is 2.17. The molecule has 0 saturated heterocycles. The van der Waals surface area contributed by atoms with Crippen molar-refractivity contribution in [2.75, 3.05) is 5.32 Å². The molecule has 0 aliphatic heterocycles. The van der Waals surface area contributed by atoms with E-state index in [0.717, 1.165) is 0 Å². The molecule has 0 aliphatic rings. The molecule has 0 radical (unpaired) electrons. The van der Waals surface area contributed by atoms with Crippen LogP contribution in [0.5, 0.6) is 5.75 Å². The first-order valence-electron chi connectivity index (χ1n) is 6.80. The monoisotopic (exact) mass is 319 g/mol. The summed E-state index contributed by atoms with van der Waals surface area (Å²) < 4.78 is 42.1. The summed E-state index contributed by atoms with van der Waals surface area (Å²) in [5.74, 6) is -0.391. The second-order valence-electron chi connectivity index (χ2n) is 4.71. The molecule has 1 N–H and O–H groups in total. The van der Waals surface area contributed by atoms with Gasteiger partial charge in [-0.05, 0) is 24.3 Å². The highest BCUT2D eigenvalue weighted by molar-refractivity contribution is 5.91. The predicted octanol–water partition coefficient (Wildman–Crippen LogP) is 3.98. The lowest BCUT2D eigenvalue weighted by molar-refractivity contribution is -0.0500. The Kier molecular flexibility index (Phi) is 4.27. The molecule has 2 aromatic heterocycles. The van der Waals surface area contributed by atoms with Crippen molar-refractivity contribution in [1.29, 1.82) is 0 Å². The van der Waals surface area contributed by atoms with E-state index >= 15 is 0 Å². The number of hydrogen-bond donors (Lipinski definition) is 1. The van der Waals surface area contributed by atoms with Crippen molar-refractivity contribution < 1.29 is 17.9 Å². The summed E-state index contributed by atoms with van der Waals surface area (Å²) in [5, 5.41) is 3.79. The number of pyridine rings is 2. The zero-order valence-corrected chi connectivity index (χ0v) is 11.8. The van der Waals surface area contributed by atoms with Crippen molar-refractivity contribution in [3.63, 3.8) is 0 Å². The standard InChI is InChI=1S/C16H12F3N3O/c17-13-3-1-2-12-14(6-7-20-15(12)13)22-8-10-4-5-11(9-21-10)23-16(18)19/h1-7,9,16H,8H2,(H,20,22). The van der Waals surface area contributed by atoms with Crippen molar-refractivity contribution in [1.82, 2.24) is 9.97 Å². The maximum absolute atomic E-state index is 13.7. The number of rotatable bonds is 5. The number of alkyl halides is 2. The van der Waals surface area contributed by atoms with Gasteiger partial charge in [0.2, 0.25) is 0 Å². The van der Waals surface area contributed by atoms with Crippen LogP contribution in [0.3, 0.4) is 0 Å². The molecule has 4 nitrogen and oxygen atoms in total. The van der Waals surface area contributed by atoms with Crippen LogP contribution in [0.1, 0.15) is 5.69 Å². The highest BCUT2D eigenvalue weighted by atomic mass is 19.3. The number of nitrogens with zero attached hydrogens (tertiary/aromatic N) is 2. The molecule has 0 aliphatic carbocycles. The highest BCUT2D eigenvalue weighted by Crippen LogP contribution is 2.23. The van der Waals surface area contributed by atoms with Crippen LogP contribution in [0.25, 0.3) is 10.9 Å². The van der Waals surface area contributed by atoms with Crippen molar-refractivity contribution in [2.45, 2.75) is 13.2 Å². The van der Waals surface area contributed by atoms with Crippen molar-refractivity contribution in [3.8, 4) is 5.75 Å². The number of halogens is 3. The lowest BCUT2D eigenvalue weighted by atomic mass is 10.2. The van der Waals surface area contributed by atoms with Gasteiger partial charge in [-0.1, -0.05) is 12.1 Å². The summed E-state index contributed by atoms with van der Waals surface area (Å²) in [7, 11) is 0. The number of fused-ring (bicyclic) bond motifs is 1. The van der Waals surface area contributed by atoms with E-state index in [1.807, 2.05) is 0 Å². The highest BCUT2D eigenvalue weighted by Gasteiger charge is 2.07. The SMILES string of the molecule is Fc1cccc2c(NCc3ccc(OC(F)F)cn3)ccnc12. The van der Waals surface area contributed by atoms with Crippen LogP contribution in [0.4, 0.5) is 18.9 Å². The summed E-state index contributed by atoms with van der Waals surface area (Å²) in [6.07, 6.45) is 2.74. The Balaban J connectivity index is 1.75. The summed E-state index contributed by atoms with van der Waals surface area (Å²) in [5.41, 5.74) is 1.63. The van der Waals surface area contributed by atoms with Gasteiger partial charge < -0.3 is 10.1 Å². The second kappa shape index (κ2) is 6.51. The van der Waals surface area contributed by atoms with E-state index in [-0.39, 0.29) is 11.3 Å². The molecule has 2 heterocycles. The first kappa shape index (κ1) is 15.1. The van der Waals surface area contributed by atoms with Gasteiger partial charge in [-0.15, -0.1) is 0 Å². The normalized spacial score (nSPS) is 11.0. The number of benzene rings is 1. The first-order chi connectivity index (χ1) is 11.1. The van der Waals surface area contributed by atoms with E-state index in [9.17, 15) is 13.2 Å². The fraction of sp³-hybridized carbons (Fsp3) is 0.125. The molecule has 3 aromatic rings. The number of para-hydroxylation sites is 1. The number of nitrogens with one attached hydrogen (secondary N) is 1. The topological polar surface area (TPSA) is 47.0 Å². The minimum absolute atomic E-state index is 0.000168. The quantitative estimate of drug-likeness (QED) is 0.772. The molecule has 7 heteroatoms. The molecule has 3 rings (SSSR count). The molecular formula is C16H12F3N3O. The third-order valence-electron chi connectivity index (χ3n) is 3.20. The molecule has 0 unspecified atom stereocenters. The van der Waals surface area contributed by atoms with E-state index in [1.165, 1.54) is 24.5 Å². The predicted molar refractivity (Wildman–Crippen MR) is 79.9 cm³/mol. The van der Waals surface area contributed by atoms with Crippen molar-refractivity contribution >= 4 is 16.6 Å². The summed E-state index contributed by atoms with van der Waals surface area (Å²) in [6, 6.07) is 9.45. The van der Waals surface area contributed by atoms with Crippen LogP contribution in [0.2, 0.25) is 0 Å². The Morgan fingerprint density at radius 1 is 1.09 bits per heavy atom. The minimum atomic E-state index is -2.88. The average Bonchev–Trinajstić information content (AvgIpc) is 2.54. The maximum atomic E-state index is 13.7. The number of anilines is 1. The molecule has 23 heavy (non-hydrogen) atoms. The van der Waals surface area contributed by atoms with Gasteiger partial charge in [-0.25, -0.2) is 4.39 Å². The molecular weight excluding hydrogens is 307 g/mol. The van der Waals surface area contributed by atoms with Crippen LogP contribution in [0.15, 0.2) is 48.8 Å². The molecule has 0 spiro atoms. The van der Waals surface area contributed by atoms with Gasteiger partial charge in [0.05, 0.1) is 18.4 Å². The average molecular weight is 319 g/mol. The first-order valence-corrected chi connectivity index (χ1v) is 6.80. The Labute approximate surface area is 129 Å². The Bertz CT molecular complexity index is 809. The van der Waals surface area contributed by atoms with E-state index < -0.39 is 12.4 Å². The van der Waals surface area contributed by atoms with Gasteiger partial charge >= 0.3 is 6.61 Å². The lowest BCUT2D eigenvalue weighted by Gasteiger charge is -2.10. The van der Waals surface area contributed by atoms with Crippen molar-refractivity contribution in [2.24, 2.45) is 0 Å². The van der Waals surface area contributed by atoms with Gasteiger partial charge in [-0.3, -0.25) is 9.97 Å². The van der Waals surface area contributed by atoms with Gasteiger partial charge in [0.25, 0.3) is 0 Å². The molecule has 0 atom stereocenters. The molecule has 0 amide bonds. The van der Waals surface area contributed by atoms with E-state index in [1.54, 1.807) is 24.3 Å². The zero-order valence-electron chi connectivity index (χ0n) is 11.8.